The average Bonchev–Trinajstić information content (AvgIpc) is 3.17. The molecule has 11 heteroatoms. The van der Waals surface area contributed by atoms with Gasteiger partial charge in [0, 0.05) is 44.7 Å². The minimum atomic E-state index is -1.07. The number of imidazole rings is 1. The van der Waals surface area contributed by atoms with Crippen LogP contribution in [0, 0.1) is 0 Å². The number of nitrogens with zero attached hydrogens (tertiary/aromatic N) is 4. The van der Waals surface area contributed by atoms with E-state index in [1.54, 1.807) is 41.2 Å². The Morgan fingerprint density at radius 1 is 1.32 bits per heavy atom. The molecule has 2 aromatic heterocycles. The van der Waals surface area contributed by atoms with Crippen molar-refractivity contribution in [3.05, 3.63) is 53.5 Å². The molecular weight excluding hydrogens is 440 g/mol. The predicted molar refractivity (Wildman–Crippen MR) is 123 cm³/mol. The first-order valence-corrected chi connectivity index (χ1v) is 10.8. The molecule has 1 aliphatic rings. The molecule has 1 aliphatic heterocycles. The summed E-state index contributed by atoms with van der Waals surface area (Å²) in [4.78, 5) is 52.2. The Morgan fingerprint density at radius 3 is 2.88 bits per heavy atom. The van der Waals surface area contributed by atoms with Gasteiger partial charge < -0.3 is 29.9 Å². The number of amides is 2. The summed E-state index contributed by atoms with van der Waals surface area (Å²) in [6, 6.07) is 7.89. The van der Waals surface area contributed by atoms with Crippen LogP contribution in [0.25, 0.3) is 11.2 Å². The van der Waals surface area contributed by atoms with E-state index in [0.717, 1.165) is 11.1 Å². The van der Waals surface area contributed by atoms with E-state index < -0.39 is 12.0 Å². The first-order valence-electron chi connectivity index (χ1n) is 10.8. The summed E-state index contributed by atoms with van der Waals surface area (Å²) >= 11 is 0. The molecule has 0 fully saturated rings. The van der Waals surface area contributed by atoms with Crippen molar-refractivity contribution in [1.82, 2.24) is 24.8 Å². The zero-order valence-electron chi connectivity index (χ0n) is 18.9. The highest BCUT2D eigenvalue weighted by atomic mass is 16.5. The molecule has 3 heterocycles. The number of carbonyl (C=O) groups is 3. The highest BCUT2D eigenvalue weighted by molar-refractivity contribution is 5.95. The van der Waals surface area contributed by atoms with Crippen LogP contribution in [-0.4, -0.2) is 81.0 Å². The van der Waals surface area contributed by atoms with Gasteiger partial charge in [0.1, 0.15) is 11.9 Å². The fraction of sp³-hybridized carbons (Fsp3) is 0.348. The molecular formula is C23H26N6O5. The molecule has 1 atom stereocenters. The van der Waals surface area contributed by atoms with Gasteiger partial charge in [-0.05, 0) is 35.9 Å². The molecule has 2 amide bonds. The Morgan fingerprint density at radius 2 is 2.15 bits per heavy atom. The first-order chi connectivity index (χ1) is 16.4. The monoisotopic (exact) mass is 466 g/mol. The number of hydrogen-bond acceptors (Lipinski definition) is 7. The molecule has 3 aromatic rings. The SMILES string of the molecule is COCCN1Cc2cc(C(=O)N(C)Cc3nc4ncccc4[nH]3)ccc2N[C@@H](CC(=O)O)C1=O. The van der Waals surface area contributed by atoms with Crippen LogP contribution in [0.3, 0.4) is 0 Å². The summed E-state index contributed by atoms with van der Waals surface area (Å²) < 4.78 is 5.11. The van der Waals surface area contributed by atoms with Gasteiger partial charge >= 0.3 is 5.97 Å². The van der Waals surface area contributed by atoms with Gasteiger partial charge in [-0.25, -0.2) is 9.97 Å². The number of fused-ring (bicyclic) bond motifs is 2. The van der Waals surface area contributed by atoms with E-state index in [1.165, 1.54) is 7.11 Å². The molecule has 3 N–H and O–H groups in total. The second-order valence-electron chi connectivity index (χ2n) is 8.14. The lowest BCUT2D eigenvalue weighted by Gasteiger charge is -2.23. The van der Waals surface area contributed by atoms with E-state index in [1.807, 2.05) is 12.1 Å². The number of methoxy groups -OCH3 is 1. The molecule has 11 nitrogen and oxygen atoms in total. The molecule has 0 aliphatic carbocycles. The highest BCUT2D eigenvalue weighted by Gasteiger charge is 2.31. The average molecular weight is 466 g/mol. The first kappa shape index (κ1) is 23.2. The van der Waals surface area contributed by atoms with E-state index in [0.29, 0.717) is 35.9 Å². The summed E-state index contributed by atoms with van der Waals surface area (Å²) in [5, 5.41) is 12.3. The number of carboxylic acids is 1. The van der Waals surface area contributed by atoms with Gasteiger partial charge in [-0.3, -0.25) is 14.4 Å². The van der Waals surface area contributed by atoms with Gasteiger partial charge in [0.2, 0.25) is 5.91 Å². The number of carbonyl (C=O) groups excluding carboxylic acids is 2. The number of ether oxygens (including phenoxy) is 1. The van der Waals surface area contributed by atoms with Crippen LogP contribution in [0.4, 0.5) is 5.69 Å². The third kappa shape index (κ3) is 4.99. The van der Waals surface area contributed by atoms with Crippen LogP contribution in [0.1, 0.15) is 28.2 Å². The van der Waals surface area contributed by atoms with Crippen LogP contribution in [-0.2, 0) is 27.4 Å². The van der Waals surface area contributed by atoms with Crippen LogP contribution in [0.2, 0.25) is 0 Å². The standard InChI is InChI=1S/C23H26N6O5/c1-28(13-19-26-17-4-3-7-24-21(17)27-19)22(32)14-5-6-16-15(10-14)12-29(8-9-34-2)23(33)18(25-16)11-20(30)31/h3-7,10,18,25H,8-9,11-13H2,1-2H3,(H,30,31)(H,24,26,27)/t18-/m0/s1. The highest BCUT2D eigenvalue weighted by Crippen LogP contribution is 2.26. The summed E-state index contributed by atoms with van der Waals surface area (Å²) in [7, 11) is 3.22. The predicted octanol–water partition coefficient (Wildman–Crippen LogP) is 1.47. The normalized spacial score (nSPS) is 15.5. The Bertz CT molecular complexity index is 1190. The Hall–Kier alpha value is -3.99. The zero-order valence-corrected chi connectivity index (χ0v) is 18.9. The molecule has 0 saturated heterocycles. The second kappa shape index (κ2) is 9.87. The van der Waals surface area contributed by atoms with E-state index in [-0.39, 0.29) is 31.3 Å². The van der Waals surface area contributed by atoms with E-state index in [4.69, 9.17) is 4.74 Å². The van der Waals surface area contributed by atoms with Gasteiger partial charge in [0.25, 0.3) is 5.91 Å². The van der Waals surface area contributed by atoms with Crippen LogP contribution in [0.5, 0.6) is 0 Å². The Balaban J connectivity index is 1.55. The molecule has 0 spiro atoms. The number of aromatic nitrogens is 3. The third-order valence-corrected chi connectivity index (χ3v) is 5.64. The van der Waals surface area contributed by atoms with Gasteiger partial charge in [-0.15, -0.1) is 0 Å². The van der Waals surface area contributed by atoms with Gasteiger partial charge in [0.05, 0.1) is 25.1 Å². The molecule has 0 saturated carbocycles. The maximum Gasteiger partial charge on any atom is 0.305 e. The van der Waals surface area contributed by atoms with Crippen molar-refractivity contribution >= 4 is 34.6 Å². The van der Waals surface area contributed by atoms with Gasteiger partial charge in [-0.1, -0.05) is 0 Å². The van der Waals surface area contributed by atoms with Crippen LogP contribution >= 0.6 is 0 Å². The largest absolute Gasteiger partial charge is 0.481 e. The molecule has 0 bridgehead atoms. The number of carboxylic acid groups (broad SMARTS) is 1. The Labute approximate surface area is 195 Å². The van der Waals surface area contributed by atoms with Crippen molar-refractivity contribution in [2.75, 3.05) is 32.6 Å². The molecule has 178 valence electrons. The molecule has 34 heavy (non-hydrogen) atoms. The number of rotatable bonds is 8. The van der Waals surface area contributed by atoms with Crippen molar-refractivity contribution in [3.63, 3.8) is 0 Å². The number of nitrogens with one attached hydrogen (secondary N) is 2. The topological polar surface area (TPSA) is 141 Å². The maximum atomic E-state index is 13.1. The number of benzene rings is 1. The smallest absolute Gasteiger partial charge is 0.305 e. The second-order valence-corrected chi connectivity index (χ2v) is 8.14. The lowest BCUT2D eigenvalue weighted by molar-refractivity contribution is -0.141. The lowest BCUT2D eigenvalue weighted by atomic mass is 10.1. The van der Waals surface area contributed by atoms with Crippen molar-refractivity contribution in [1.29, 1.82) is 0 Å². The van der Waals surface area contributed by atoms with Crippen molar-refractivity contribution in [3.8, 4) is 0 Å². The summed E-state index contributed by atoms with van der Waals surface area (Å²) in [5.41, 5.74) is 3.19. The summed E-state index contributed by atoms with van der Waals surface area (Å²) in [6.07, 6.45) is 1.31. The van der Waals surface area contributed by atoms with Gasteiger partial charge in [-0.2, -0.15) is 0 Å². The number of anilines is 1. The summed E-state index contributed by atoms with van der Waals surface area (Å²) in [5.74, 6) is -0.986. The number of aromatic amines is 1. The number of H-pyrrole nitrogens is 1. The number of pyridine rings is 1. The third-order valence-electron chi connectivity index (χ3n) is 5.64. The Kier molecular flexibility index (Phi) is 6.73. The molecule has 0 unspecified atom stereocenters. The van der Waals surface area contributed by atoms with Crippen LogP contribution < -0.4 is 5.32 Å². The van der Waals surface area contributed by atoms with E-state index in [9.17, 15) is 19.5 Å². The zero-order chi connectivity index (χ0) is 24.2. The maximum absolute atomic E-state index is 13.1. The fourth-order valence-corrected chi connectivity index (χ4v) is 3.94. The fourth-order valence-electron chi connectivity index (χ4n) is 3.94. The molecule has 1 aromatic carbocycles. The molecule has 4 rings (SSSR count). The van der Waals surface area contributed by atoms with Crippen molar-refractivity contribution in [2.24, 2.45) is 0 Å². The van der Waals surface area contributed by atoms with E-state index >= 15 is 0 Å². The van der Waals surface area contributed by atoms with E-state index in [2.05, 4.69) is 20.3 Å². The van der Waals surface area contributed by atoms with Gasteiger partial charge in [0.15, 0.2) is 5.65 Å². The number of hydrogen-bond donors (Lipinski definition) is 3. The lowest BCUT2D eigenvalue weighted by Crippen LogP contribution is -2.42. The minimum absolute atomic E-state index is 0.211. The number of aliphatic carboxylic acids is 1. The van der Waals surface area contributed by atoms with Crippen LogP contribution in [0.15, 0.2) is 36.5 Å². The summed E-state index contributed by atoms with van der Waals surface area (Å²) in [6.45, 7) is 1.13. The minimum Gasteiger partial charge on any atom is -0.481 e. The quantitative estimate of drug-likeness (QED) is 0.453. The molecule has 0 radical (unpaired) electrons. The van der Waals surface area contributed by atoms with Crippen molar-refractivity contribution < 1.29 is 24.2 Å². The van der Waals surface area contributed by atoms with Crippen molar-refractivity contribution in [2.45, 2.75) is 25.6 Å².